The van der Waals surface area contributed by atoms with Crippen LogP contribution in [-0.2, 0) is 14.8 Å². The van der Waals surface area contributed by atoms with Gasteiger partial charge in [0, 0.05) is 45.2 Å². The maximum Gasteiger partial charge on any atom is 0.243 e. The van der Waals surface area contributed by atoms with E-state index in [0.29, 0.717) is 37.3 Å². The highest BCUT2D eigenvalue weighted by Gasteiger charge is 2.32. The van der Waals surface area contributed by atoms with Crippen molar-refractivity contribution in [1.82, 2.24) is 14.5 Å². The molecule has 1 aromatic rings. The molecule has 0 aliphatic carbocycles. The van der Waals surface area contributed by atoms with Gasteiger partial charge < -0.3 is 10.2 Å². The fourth-order valence-electron chi connectivity index (χ4n) is 4.60. The lowest BCUT2D eigenvalue weighted by atomic mass is 9.92. The van der Waals surface area contributed by atoms with Gasteiger partial charge in [0.1, 0.15) is 0 Å². The molecule has 30 heavy (non-hydrogen) atoms. The van der Waals surface area contributed by atoms with Crippen molar-refractivity contribution in [3.05, 3.63) is 29.8 Å². The van der Waals surface area contributed by atoms with Gasteiger partial charge in [-0.3, -0.25) is 4.79 Å². The van der Waals surface area contributed by atoms with Crippen LogP contribution < -0.4 is 5.32 Å². The third-order valence-corrected chi connectivity index (χ3v) is 7.92. The first-order valence-electron chi connectivity index (χ1n) is 10.6. The van der Waals surface area contributed by atoms with Crippen molar-refractivity contribution < 1.29 is 22.0 Å². The van der Waals surface area contributed by atoms with Crippen molar-refractivity contribution in [2.45, 2.75) is 38.0 Å². The Morgan fingerprint density at radius 2 is 1.73 bits per heavy atom. The predicted octanol–water partition coefficient (Wildman–Crippen LogP) is 2.46. The molecule has 2 saturated heterocycles. The van der Waals surface area contributed by atoms with Gasteiger partial charge in [0.25, 0.3) is 0 Å². The molecule has 2 atom stereocenters. The molecule has 0 bridgehead atoms. The average Bonchev–Trinajstić information content (AvgIpc) is 2.69. The fraction of sp³-hybridized carbons (Fsp3) is 0.667. The summed E-state index contributed by atoms with van der Waals surface area (Å²) in [4.78, 5) is 14.6. The maximum absolute atomic E-state index is 13.4. The molecule has 9 heteroatoms. The third-order valence-electron chi connectivity index (χ3n) is 6.03. The zero-order chi connectivity index (χ0) is 21.9. The van der Waals surface area contributed by atoms with Gasteiger partial charge in [-0.2, -0.15) is 4.31 Å². The molecule has 2 fully saturated rings. The summed E-state index contributed by atoms with van der Waals surface area (Å²) < 4.78 is 53.1. The van der Waals surface area contributed by atoms with E-state index in [1.54, 1.807) is 0 Å². The topological polar surface area (TPSA) is 69.7 Å². The second-order valence-corrected chi connectivity index (χ2v) is 10.7. The van der Waals surface area contributed by atoms with Gasteiger partial charge in [0.05, 0.1) is 4.90 Å². The highest BCUT2D eigenvalue weighted by atomic mass is 32.2. The van der Waals surface area contributed by atoms with E-state index in [4.69, 9.17) is 0 Å². The number of benzene rings is 1. The van der Waals surface area contributed by atoms with E-state index in [-0.39, 0.29) is 29.8 Å². The third kappa shape index (κ3) is 5.56. The average molecular weight is 444 g/mol. The first-order valence-corrected chi connectivity index (χ1v) is 12.1. The van der Waals surface area contributed by atoms with Crippen LogP contribution in [0.15, 0.2) is 23.1 Å². The Hall–Kier alpha value is -1.58. The number of carbonyl (C=O) groups excluding carboxylic acids is 1. The number of hydrogen-bond donors (Lipinski definition) is 1. The van der Waals surface area contributed by atoms with Crippen LogP contribution in [-0.4, -0.2) is 62.8 Å². The van der Waals surface area contributed by atoms with Crippen LogP contribution in [0.3, 0.4) is 0 Å². The first kappa shape index (κ1) is 23.1. The molecular weight excluding hydrogens is 412 g/mol. The molecule has 2 aliphatic rings. The van der Waals surface area contributed by atoms with Gasteiger partial charge >= 0.3 is 0 Å². The molecule has 168 valence electrons. The van der Waals surface area contributed by atoms with Gasteiger partial charge in [0.15, 0.2) is 11.6 Å². The van der Waals surface area contributed by atoms with Crippen LogP contribution in [0.2, 0.25) is 0 Å². The quantitative estimate of drug-likeness (QED) is 0.733. The highest BCUT2D eigenvalue weighted by Crippen LogP contribution is 2.25. The van der Waals surface area contributed by atoms with Crippen LogP contribution in [0.4, 0.5) is 8.78 Å². The minimum atomic E-state index is -3.90. The number of likely N-dealkylation sites (tertiary alicyclic amines) is 1. The second kappa shape index (κ2) is 9.70. The monoisotopic (exact) mass is 443 g/mol. The Labute approximate surface area is 177 Å². The van der Waals surface area contributed by atoms with E-state index in [0.717, 1.165) is 31.8 Å². The lowest BCUT2D eigenvalue weighted by Crippen LogP contribution is -2.46. The zero-order valence-corrected chi connectivity index (χ0v) is 18.4. The Morgan fingerprint density at radius 3 is 2.33 bits per heavy atom. The molecule has 6 nitrogen and oxygen atoms in total. The Balaban J connectivity index is 1.46. The van der Waals surface area contributed by atoms with Crippen molar-refractivity contribution in [2.75, 3.05) is 39.3 Å². The molecule has 3 rings (SSSR count). The number of piperidine rings is 2. The summed E-state index contributed by atoms with van der Waals surface area (Å²) in [6.07, 6.45) is 2.06. The number of amides is 1. The van der Waals surface area contributed by atoms with Gasteiger partial charge in [-0.25, -0.2) is 17.2 Å². The van der Waals surface area contributed by atoms with Crippen molar-refractivity contribution in [1.29, 1.82) is 0 Å². The summed E-state index contributed by atoms with van der Waals surface area (Å²) in [5.74, 6) is -1.21. The largest absolute Gasteiger partial charge is 0.355 e. The van der Waals surface area contributed by atoms with Gasteiger partial charge in [-0.15, -0.1) is 0 Å². The molecule has 1 aromatic carbocycles. The maximum atomic E-state index is 13.4. The molecule has 0 saturated carbocycles. The van der Waals surface area contributed by atoms with Gasteiger partial charge in [0.2, 0.25) is 15.9 Å². The number of halogens is 2. The molecule has 2 heterocycles. The number of rotatable bonds is 6. The SMILES string of the molecule is CC1CC(C)CN(CCNC(=O)C2CCN(S(=O)(=O)c3ccc(F)c(F)c3)CC2)C1. The predicted molar refractivity (Wildman–Crippen MR) is 110 cm³/mol. The summed E-state index contributed by atoms with van der Waals surface area (Å²) in [7, 11) is -3.90. The number of nitrogens with one attached hydrogen (secondary N) is 1. The summed E-state index contributed by atoms with van der Waals surface area (Å²) in [6, 6.07) is 2.58. The molecule has 2 aliphatic heterocycles. The minimum Gasteiger partial charge on any atom is -0.355 e. The Bertz CT molecular complexity index is 847. The van der Waals surface area contributed by atoms with Crippen LogP contribution in [0.5, 0.6) is 0 Å². The van der Waals surface area contributed by atoms with Crippen LogP contribution >= 0.6 is 0 Å². The molecule has 0 radical (unpaired) electrons. The summed E-state index contributed by atoms with van der Waals surface area (Å²) >= 11 is 0. The number of hydrogen-bond acceptors (Lipinski definition) is 4. The number of nitrogens with zero attached hydrogens (tertiary/aromatic N) is 2. The van der Waals surface area contributed by atoms with Crippen LogP contribution in [0.25, 0.3) is 0 Å². The molecule has 0 aromatic heterocycles. The van der Waals surface area contributed by atoms with Crippen LogP contribution in [0.1, 0.15) is 33.1 Å². The van der Waals surface area contributed by atoms with Crippen molar-refractivity contribution in [3.8, 4) is 0 Å². The normalized spacial score (nSPS) is 24.7. The smallest absolute Gasteiger partial charge is 0.243 e. The van der Waals surface area contributed by atoms with E-state index >= 15 is 0 Å². The van der Waals surface area contributed by atoms with Crippen molar-refractivity contribution in [3.63, 3.8) is 0 Å². The molecule has 1 amide bonds. The molecule has 1 N–H and O–H groups in total. The lowest BCUT2D eigenvalue weighted by molar-refractivity contribution is -0.126. The van der Waals surface area contributed by atoms with Gasteiger partial charge in [-0.1, -0.05) is 13.8 Å². The second-order valence-electron chi connectivity index (χ2n) is 8.75. The Morgan fingerprint density at radius 1 is 1.10 bits per heavy atom. The first-order chi connectivity index (χ1) is 14.2. The van der Waals surface area contributed by atoms with E-state index in [2.05, 4.69) is 24.1 Å². The standard InChI is InChI=1S/C21H31F2N3O3S/c1-15-11-16(2)14-25(13-15)10-7-24-21(27)17-5-8-26(9-6-17)30(28,29)18-3-4-19(22)20(23)12-18/h3-4,12,15-17H,5-11,13-14H2,1-2H3,(H,24,27). The van der Waals surface area contributed by atoms with Crippen molar-refractivity contribution >= 4 is 15.9 Å². The molecular formula is C21H31F2N3O3S. The van der Waals surface area contributed by atoms with E-state index in [1.165, 1.54) is 10.7 Å². The highest BCUT2D eigenvalue weighted by molar-refractivity contribution is 7.89. The summed E-state index contributed by atoms with van der Waals surface area (Å²) in [5, 5.41) is 2.99. The number of sulfonamides is 1. The van der Waals surface area contributed by atoms with E-state index in [9.17, 15) is 22.0 Å². The van der Waals surface area contributed by atoms with E-state index < -0.39 is 21.7 Å². The Kier molecular flexibility index (Phi) is 7.47. The number of carbonyl (C=O) groups is 1. The van der Waals surface area contributed by atoms with E-state index in [1.807, 2.05) is 0 Å². The fourth-order valence-corrected chi connectivity index (χ4v) is 6.08. The summed E-state index contributed by atoms with van der Waals surface area (Å²) in [6.45, 7) is 8.39. The molecule has 0 spiro atoms. The zero-order valence-electron chi connectivity index (χ0n) is 17.6. The van der Waals surface area contributed by atoms with Crippen LogP contribution in [0, 0.1) is 29.4 Å². The summed E-state index contributed by atoms with van der Waals surface area (Å²) in [5.41, 5.74) is 0. The van der Waals surface area contributed by atoms with Gasteiger partial charge in [-0.05, 0) is 49.3 Å². The lowest BCUT2D eigenvalue weighted by Gasteiger charge is -2.35. The van der Waals surface area contributed by atoms with Crippen molar-refractivity contribution in [2.24, 2.45) is 17.8 Å². The minimum absolute atomic E-state index is 0.0435. The molecule has 2 unspecified atom stereocenters.